The fourth-order valence-electron chi connectivity index (χ4n) is 1.71. The number of nitrogens with zero attached hydrogens (tertiary/aromatic N) is 2. The van der Waals surface area contributed by atoms with Crippen LogP contribution in [0, 0.1) is 6.92 Å². The largest absolute Gasteiger partial charge is 0.432 e. The number of aryl methyl sites for hydroxylation is 1. The van der Waals surface area contributed by atoms with Crippen molar-refractivity contribution in [3.63, 3.8) is 0 Å². The molecule has 1 aromatic carbocycles. The number of fused-ring (bicyclic) bond motifs is 1. The van der Waals surface area contributed by atoms with E-state index in [2.05, 4.69) is 14.7 Å². The minimum atomic E-state index is -2.86. The van der Waals surface area contributed by atoms with E-state index in [1.807, 2.05) is 19.9 Å². The van der Waals surface area contributed by atoms with Crippen molar-refractivity contribution >= 4 is 11.0 Å². The summed E-state index contributed by atoms with van der Waals surface area (Å²) in [7, 11) is 0. The molecule has 0 amide bonds. The Balaban J connectivity index is 2.65. The molecule has 0 saturated heterocycles. The quantitative estimate of drug-likeness (QED) is 0.836. The Morgan fingerprint density at radius 1 is 1.22 bits per heavy atom. The number of ether oxygens (including phenoxy) is 1. The molecule has 2 rings (SSSR count). The Morgan fingerprint density at radius 2 is 1.94 bits per heavy atom. The first-order valence-electron chi connectivity index (χ1n) is 5.69. The summed E-state index contributed by atoms with van der Waals surface area (Å²) in [5.41, 5.74) is 2.51. The zero-order valence-corrected chi connectivity index (χ0v) is 10.4. The average Bonchev–Trinajstić information content (AvgIpc) is 2.28. The number of rotatable bonds is 3. The molecule has 3 nitrogen and oxygen atoms in total. The van der Waals surface area contributed by atoms with Gasteiger partial charge in [0, 0.05) is 6.20 Å². The molecule has 0 fully saturated rings. The zero-order valence-electron chi connectivity index (χ0n) is 10.4. The molecule has 5 heteroatoms. The number of halogens is 2. The van der Waals surface area contributed by atoms with Crippen molar-refractivity contribution in [2.24, 2.45) is 0 Å². The lowest BCUT2D eigenvalue weighted by atomic mass is 10.0. The molecule has 0 radical (unpaired) electrons. The lowest BCUT2D eigenvalue weighted by molar-refractivity contribution is -0.0489. The van der Waals surface area contributed by atoms with Crippen LogP contribution in [0.5, 0.6) is 5.75 Å². The van der Waals surface area contributed by atoms with Crippen molar-refractivity contribution in [1.29, 1.82) is 0 Å². The second kappa shape index (κ2) is 4.84. The lowest BCUT2D eigenvalue weighted by Crippen LogP contribution is -2.04. The molecule has 0 atom stereocenters. The van der Waals surface area contributed by atoms with Crippen LogP contribution in [0.3, 0.4) is 0 Å². The molecule has 0 unspecified atom stereocenters. The van der Waals surface area contributed by atoms with Gasteiger partial charge in [-0.05, 0) is 30.5 Å². The third-order valence-electron chi connectivity index (χ3n) is 2.64. The number of hydrogen-bond acceptors (Lipinski definition) is 3. The van der Waals surface area contributed by atoms with Gasteiger partial charge in [0.05, 0.1) is 11.2 Å². The molecule has 2 aromatic rings. The van der Waals surface area contributed by atoms with E-state index in [-0.39, 0.29) is 11.7 Å². The number of hydrogen-bond donors (Lipinski definition) is 0. The lowest BCUT2D eigenvalue weighted by Gasteiger charge is -2.12. The summed E-state index contributed by atoms with van der Waals surface area (Å²) in [4.78, 5) is 8.41. The van der Waals surface area contributed by atoms with Gasteiger partial charge in [-0.15, -0.1) is 0 Å². The highest BCUT2D eigenvalue weighted by Crippen LogP contribution is 2.29. The molecule has 0 N–H and O–H groups in total. The van der Waals surface area contributed by atoms with Crippen LogP contribution in [-0.2, 0) is 0 Å². The maximum Gasteiger partial charge on any atom is 0.387 e. The first-order valence-corrected chi connectivity index (χ1v) is 5.69. The molecule has 1 heterocycles. The van der Waals surface area contributed by atoms with Crippen LogP contribution < -0.4 is 4.74 Å². The average molecular weight is 252 g/mol. The summed E-state index contributed by atoms with van der Waals surface area (Å²) >= 11 is 0. The predicted molar refractivity (Wildman–Crippen MR) is 65.0 cm³/mol. The molecule has 0 spiro atoms. The summed E-state index contributed by atoms with van der Waals surface area (Å²) in [6.07, 6.45) is 1.61. The van der Waals surface area contributed by atoms with E-state index in [0.717, 1.165) is 5.56 Å². The third-order valence-corrected chi connectivity index (χ3v) is 2.64. The molecule has 0 aliphatic carbocycles. The van der Waals surface area contributed by atoms with E-state index in [0.29, 0.717) is 16.7 Å². The second-order valence-electron chi connectivity index (χ2n) is 4.43. The zero-order chi connectivity index (χ0) is 13.3. The Hall–Kier alpha value is -1.78. The van der Waals surface area contributed by atoms with E-state index in [1.54, 1.807) is 19.2 Å². The Bertz CT molecular complexity index is 570. The molecule has 18 heavy (non-hydrogen) atoms. The van der Waals surface area contributed by atoms with Crippen molar-refractivity contribution < 1.29 is 13.5 Å². The minimum Gasteiger partial charge on any atom is -0.432 e. The van der Waals surface area contributed by atoms with Gasteiger partial charge in [-0.3, -0.25) is 4.98 Å². The molecule has 0 saturated carbocycles. The maximum absolute atomic E-state index is 12.4. The van der Waals surface area contributed by atoms with Crippen LogP contribution in [0.1, 0.15) is 31.0 Å². The smallest absolute Gasteiger partial charge is 0.387 e. The summed E-state index contributed by atoms with van der Waals surface area (Å²) in [6.45, 7) is 2.86. The van der Waals surface area contributed by atoms with Crippen LogP contribution in [0.2, 0.25) is 0 Å². The summed E-state index contributed by atoms with van der Waals surface area (Å²) in [6, 6.07) is 3.46. The van der Waals surface area contributed by atoms with E-state index < -0.39 is 6.61 Å². The highest BCUT2D eigenvalue weighted by Gasteiger charge is 2.13. The minimum absolute atomic E-state index is 0.0856. The first-order chi connectivity index (χ1) is 8.47. The molecular weight excluding hydrogens is 238 g/mol. The molecule has 0 aliphatic rings. The van der Waals surface area contributed by atoms with Gasteiger partial charge in [-0.25, -0.2) is 4.98 Å². The normalized spacial score (nSPS) is 11.5. The van der Waals surface area contributed by atoms with Gasteiger partial charge < -0.3 is 4.74 Å². The first kappa shape index (κ1) is 12.7. The van der Waals surface area contributed by atoms with Crippen molar-refractivity contribution in [2.75, 3.05) is 0 Å². The van der Waals surface area contributed by atoms with Crippen LogP contribution in [-0.4, -0.2) is 16.6 Å². The second-order valence-corrected chi connectivity index (χ2v) is 4.43. The number of alkyl halides is 2. The number of aromatic nitrogens is 2. The molecule has 0 bridgehead atoms. The van der Waals surface area contributed by atoms with Crippen LogP contribution in [0.15, 0.2) is 18.3 Å². The summed E-state index contributed by atoms with van der Waals surface area (Å²) in [5, 5.41) is 0. The molecule has 1 aromatic heterocycles. The van der Waals surface area contributed by atoms with Gasteiger partial charge in [0.25, 0.3) is 0 Å². The maximum atomic E-state index is 12.4. The van der Waals surface area contributed by atoms with Gasteiger partial charge in [-0.1, -0.05) is 13.8 Å². The third kappa shape index (κ3) is 2.55. The van der Waals surface area contributed by atoms with E-state index in [4.69, 9.17) is 0 Å². The van der Waals surface area contributed by atoms with E-state index >= 15 is 0 Å². The summed E-state index contributed by atoms with van der Waals surface area (Å²) < 4.78 is 29.4. The van der Waals surface area contributed by atoms with Gasteiger partial charge >= 0.3 is 6.61 Å². The van der Waals surface area contributed by atoms with E-state index in [9.17, 15) is 8.78 Å². The fourth-order valence-corrected chi connectivity index (χ4v) is 1.71. The SMILES string of the molecule is Cc1cnc2cc(C(C)C)cc(OC(F)F)c2n1. The Morgan fingerprint density at radius 3 is 2.56 bits per heavy atom. The van der Waals surface area contributed by atoms with Gasteiger partial charge in [0.1, 0.15) is 5.52 Å². The van der Waals surface area contributed by atoms with Crippen molar-refractivity contribution in [1.82, 2.24) is 9.97 Å². The van der Waals surface area contributed by atoms with Gasteiger partial charge in [0.15, 0.2) is 5.75 Å². The van der Waals surface area contributed by atoms with Crippen LogP contribution in [0.25, 0.3) is 11.0 Å². The molecular formula is C13H14F2N2O. The van der Waals surface area contributed by atoms with Crippen molar-refractivity contribution in [2.45, 2.75) is 33.3 Å². The highest BCUT2D eigenvalue weighted by molar-refractivity contribution is 5.82. The van der Waals surface area contributed by atoms with Gasteiger partial charge in [-0.2, -0.15) is 8.78 Å². The van der Waals surface area contributed by atoms with Crippen molar-refractivity contribution in [3.8, 4) is 5.75 Å². The number of benzene rings is 1. The molecule has 0 aliphatic heterocycles. The van der Waals surface area contributed by atoms with Crippen LogP contribution >= 0.6 is 0 Å². The summed E-state index contributed by atoms with van der Waals surface area (Å²) in [5.74, 6) is 0.292. The highest BCUT2D eigenvalue weighted by atomic mass is 19.3. The molecule has 96 valence electrons. The van der Waals surface area contributed by atoms with Crippen LogP contribution in [0.4, 0.5) is 8.78 Å². The van der Waals surface area contributed by atoms with Gasteiger partial charge in [0.2, 0.25) is 0 Å². The topological polar surface area (TPSA) is 35.0 Å². The van der Waals surface area contributed by atoms with E-state index in [1.165, 1.54) is 0 Å². The predicted octanol–water partition coefficient (Wildman–Crippen LogP) is 3.66. The Labute approximate surface area is 104 Å². The van der Waals surface area contributed by atoms with Crippen molar-refractivity contribution in [3.05, 3.63) is 29.6 Å². The standard InChI is InChI=1S/C13H14F2N2O/c1-7(2)9-4-10-12(17-8(3)6-16-10)11(5-9)18-13(14)15/h4-7,13H,1-3H3. The Kier molecular flexibility index (Phi) is 3.41. The monoisotopic (exact) mass is 252 g/mol. The fraction of sp³-hybridized carbons (Fsp3) is 0.385.